The molecular formula is C13H21N3O. The van der Waals surface area contributed by atoms with Crippen LogP contribution >= 0.6 is 0 Å². The SMILES string of the molecule is CNc1cc(CN2CCCC(OC)C2)ccn1. The number of likely N-dealkylation sites (tertiary alicyclic amines) is 1. The highest BCUT2D eigenvalue weighted by Gasteiger charge is 2.19. The van der Waals surface area contributed by atoms with Gasteiger partial charge in [0.2, 0.25) is 0 Å². The average molecular weight is 235 g/mol. The van der Waals surface area contributed by atoms with Crippen LogP contribution in [-0.4, -0.2) is 43.2 Å². The summed E-state index contributed by atoms with van der Waals surface area (Å²) in [4.78, 5) is 6.68. The number of hydrogen-bond donors (Lipinski definition) is 1. The Hall–Kier alpha value is -1.13. The molecule has 2 rings (SSSR count). The Kier molecular flexibility index (Phi) is 4.34. The molecule has 1 fully saturated rings. The lowest BCUT2D eigenvalue weighted by Crippen LogP contribution is -2.38. The first-order chi connectivity index (χ1) is 8.31. The van der Waals surface area contributed by atoms with Gasteiger partial charge in [0.1, 0.15) is 5.82 Å². The minimum absolute atomic E-state index is 0.398. The van der Waals surface area contributed by atoms with Crippen LogP contribution in [0.4, 0.5) is 5.82 Å². The highest BCUT2D eigenvalue weighted by Crippen LogP contribution is 2.16. The minimum atomic E-state index is 0.398. The quantitative estimate of drug-likeness (QED) is 0.862. The van der Waals surface area contributed by atoms with Crippen molar-refractivity contribution in [3.63, 3.8) is 0 Å². The Labute approximate surface area is 103 Å². The molecule has 1 aromatic rings. The summed E-state index contributed by atoms with van der Waals surface area (Å²) in [5, 5.41) is 3.07. The Morgan fingerprint density at radius 2 is 2.47 bits per heavy atom. The second-order valence-corrected chi connectivity index (χ2v) is 4.53. The predicted octanol–water partition coefficient (Wildman–Crippen LogP) is 1.73. The number of ether oxygens (including phenoxy) is 1. The van der Waals surface area contributed by atoms with Crippen LogP contribution in [-0.2, 0) is 11.3 Å². The molecule has 0 aliphatic carbocycles. The van der Waals surface area contributed by atoms with Gasteiger partial charge in [0, 0.05) is 33.4 Å². The van der Waals surface area contributed by atoms with E-state index in [1.54, 1.807) is 7.11 Å². The molecule has 1 atom stereocenters. The van der Waals surface area contributed by atoms with Gasteiger partial charge in [-0.15, -0.1) is 0 Å². The van der Waals surface area contributed by atoms with Crippen LogP contribution < -0.4 is 5.32 Å². The Morgan fingerprint density at radius 1 is 1.59 bits per heavy atom. The summed E-state index contributed by atoms with van der Waals surface area (Å²) in [7, 11) is 3.70. The molecule has 1 aliphatic rings. The first-order valence-electron chi connectivity index (χ1n) is 6.19. The van der Waals surface area contributed by atoms with E-state index in [4.69, 9.17) is 4.74 Å². The van der Waals surface area contributed by atoms with E-state index in [1.807, 2.05) is 13.2 Å². The second-order valence-electron chi connectivity index (χ2n) is 4.53. The maximum absolute atomic E-state index is 5.44. The fourth-order valence-electron chi connectivity index (χ4n) is 2.32. The van der Waals surface area contributed by atoms with Crippen molar-refractivity contribution in [2.24, 2.45) is 0 Å². The molecular weight excluding hydrogens is 214 g/mol. The normalized spacial score (nSPS) is 21.4. The molecule has 4 nitrogen and oxygen atoms in total. The molecule has 0 amide bonds. The highest BCUT2D eigenvalue weighted by molar-refractivity contribution is 5.36. The zero-order valence-corrected chi connectivity index (χ0v) is 10.6. The molecule has 0 bridgehead atoms. The number of aromatic nitrogens is 1. The van der Waals surface area contributed by atoms with Crippen molar-refractivity contribution in [2.45, 2.75) is 25.5 Å². The first kappa shape index (κ1) is 12.3. The van der Waals surface area contributed by atoms with Crippen LogP contribution in [0, 0.1) is 0 Å². The molecule has 0 aromatic carbocycles. The summed E-state index contributed by atoms with van der Waals surface area (Å²) in [6.45, 7) is 3.18. The topological polar surface area (TPSA) is 37.4 Å². The van der Waals surface area contributed by atoms with Crippen LogP contribution in [0.1, 0.15) is 18.4 Å². The molecule has 1 aliphatic heterocycles. The van der Waals surface area contributed by atoms with Crippen LogP contribution in [0.25, 0.3) is 0 Å². The number of hydrogen-bond acceptors (Lipinski definition) is 4. The van der Waals surface area contributed by atoms with Crippen molar-refractivity contribution >= 4 is 5.82 Å². The van der Waals surface area contributed by atoms with Crippen molar-refractivity contribution in [3.05, 3.63) is 23.9 Å². The Bertz CT molecular complexity index is 356. The van der Waals surface area contributed by atoms with Gasteiger partial charge in [0.05, 0.1) is 6.10 Å². The van der Waals surface area contributed by atoms with E-state index in [-0.39, 0.29) is 0 Å². The fourth-order valence-corrected chi connectivity index (χ4v) is 2.32. The fraction of sp³-hybridized carbons (Fsp3) is 0.615. The molecule has 2 heterocycles. The molecule has 1 N–H and O–H groups in total. The largest absolute Gasteiger partial charge is 0.380 e. The summed E-state index contributed by atoms with van der Waals surface area (Å²) in [6, 6.07) is 4.19. The van der Waals surface area contributed by atoms with Crippen molar-refractivity contribution in [1.82, 2.24) is 9.88 Å². The minimum Gasteiger partial charge on any atom is -0.380 e. The van der Waals surface area contributed by atoms with Gasteiger partial charge in [-0.05, 0) is 37.1 Å². The monoisotopic (exact) mass is 235 g/mol. The summed E-state index contributed by atoms with van der Waals surface area (Å²) in [6.07, 6.45) is 4.67. The van der Waals surface area contributed by atoms with Gasteiger partial charge >= 0.3 is 0 Å². The van der Waals surface area contributed by atoms with Crippen LogP contribution in [0.15, 0.2) is 18.3 Å². The van der Waals surface area contributed by atoms with Crippen LogP contribution in [0.5, 0.6) is 0 Å². The number of rotatable bonds is 4. The standard InChI is InChI=1S/C13H21N3O/c1-14-13-8-11(5-6-15-13)9-16-7-3-4-12(10-16)17-2/h5-6,8,12H,3-4,7,9-10H2,1-2H3,(H,14,15). The number of methoxy groups -OCH3 is 1. The summed E-state index contributed by atoms with van der Waals surface area (Å²) < 4.78 is 5.44. The lowest BCUT2D eigenvalue weighted by atomic mass is 10.1. The van der Waals surface area contributed by atoms with Crippen molar-refractivity contribution < 1.29 is 4.74 Å². The van der Waals surface area contributed by atoms with Gasteiger partial charge in [-0.1, -0.05) is 0 Å². The number of pyridine rings is 1. The lowest BCUT2D eigenvalue weighted by molar-refractivity contribution is 0.0285. The van der Waals surface area contributed by atoms with Gasteiger partial charge in [0.25, 0.3) is 0 Å². The van der Waals surface area contributed by atoms with Crippen molar-refractivity contribution in [3.8, 4) is 0 Å². The molecule has 0 radical (unpaired) electrons. The molecule has 1 aromatic heterocycles. The molecule has 0 saturated carbocycles. The van der Waals surface area contributed by atoms with Crippen LogP contribution in [0.2, 0.25) is 0 Å². The van der Waals surface area contributed by atoms with Gasteiger partial charge < -0.3 is 10.1 Å². The molecule has 1 saturated heterocycles. The third-order valence-electron chi connectivity index (χ3n) is 3.28. The third-order valence-corrected chi connectivity index (χ3v) is 3.28. The van der Waals surface area contributed by atoms with E-state index in [1.165, 1.54) is 18.4 Å². The third kappa shape index (κ3) is 3.41. The van der Waals surface area contributed by atoms with E-state index in [0.29, 0.717) is 6.10 Å². The molecule has 1 unspecified atom stereocenters. The van der Waals surface area contributed by atoms with Gasteiger partial charge in [-0.3, -0.25) is 4.90 Å². The summed E-state index contributed by atoms with van der Waals surface area (Å²) >= 11 is 0. The van der Waals surface area contributed by atoms with Gasteiger partial charge in [-0.2, -0.15) is 0 Å². The second kappa shape index (κ2) is 5.98. The van der Waals surface area contributed by atoms with Crippen molar-refractivity contribution in [1.29, 1.82) is 0 Å². The zero-order chi connectivity index (χ0) is 12.1. The van der Waals surface area contributed by atoms with Gasteiger partial charge in [0.15, 0.2) is 0 Å². The predicted molar refractivity (Wildman–Crippen MR) is 69.1 cm³/mol. The average Bonchev–Trinajstić information content (AvgIpc) is 2.39. The zero-order valence-electron chi connectivity index (χ0n) is 10.6. The molecule has 17 heavy (non-hydrogen) atoms. The molecule has 4 heteroatoms. The number of anilines is 1. The van der Waals surface area contributed by atoms with E-state index >= 15 is 0 Å². The van der Waals surface area contributed by atoms with Crippen molar-refractivity contribution in [2.75, 3.05) is 32.6 Å². The molecule has 0 spiro atoms. The lowest BCUT2D eigenvalue weighted by Gasteiger charge is -2.31. The maximum atomic E-state index is 5.44. The van der Waals surface area contributed by atoms with Gasteiger partial charge in [-0.25, -0.2) is 4.98 Å². The van der Waals surface area contributed by atoms with Crippen LogP contribution in [0.3, 0.4) is 0 Å². The summed E-state index contributed by atoms with van der Waals surface area (Å²) in [5.74, 6) is 0.933. The Balaban J connectivity index is 1.95. The number of piperidine rings is 1. The van der Waals surface area contributed by atoms with E-state index in [0.717, 1.165) is 25.5 Å². The van der Waals surface area contributed by atoms with E-state index < -0.39 is 0 Å². The Morgan fingerprint density at radius 3 is 3.24 bits per heavy atom. The molecule has 94 valence electrons. The number of nitrogens with zero attached hydrogens (tertiary/aromatic N) is 2. The van der Waals surface area contributed by atoms with E-state index in [2.05, 4.69) is 27.3 Å². The maximum Gasteiger partial charge on any atom is 0.125 e. The summed E-state index contributed by atoms with van der Waals surface area (Å²) in [5.41, 5.74) is 1.31. The highest BCUT2D eigenvalue weighted by atomic mass is 16.5. The smallest absolute Gasteiger partial charge is 0.125 e. The van der Waals surface area contributed by atoms with E-state index in [9.17, 15) is 0 Å². The first-order valence-corrected chi connectivity index (χ1v) is 6.19. The number of nitrogens with one attached hydrogen (secondary N) is 1.